The first kappa shape index (κ1) is 25.0. The summed E-state index contributed by atoms with van der Waals surface area (Å²) in [4.78, 5) is 27.5. The second kappa shape index (κ2) is 10.2. The number of nitrogens with one attached hydrogen (secondary N) is 1. The smallest absolute Gasteiger partial charge is 0.339 e. The van der Waals surface area contributed by atoms with Crippen molar-refractivity contribution in [3.8, 4) is 5.75 Å². The number of amides is 3. The summed E-state index contributed by atoms with van der Waals surface area (Å²) in [5, 5.41) is 1.22. The predicted molar refractivity (Wildman–Crippen MR) is 132 cm³/mol. The van der Waals surface area contributed by atoms with E-state index >= 15 is 0 Å². The van der Waals surface area contributed by atoms with Gasteiger partial charge in [0, 0.05) is 20.6 Å². The van der Waals surface area contributed by atoms with Crippen molar-refractivity contribution >= 4 is 22.0 Å². The summed E-state index contributed by atoms with van der Waals surface area (Å²) in [6, 6.07) is 15.4. The number of carbonyl (C=O) groups is 2. The average molecular weight is 501 g/mol. The average Bonchev–Trinajstić information content (AvgIpc) is 3.64. The van der Waals surface area contributed by atoms with Gasteiger partial charge in [-0.25, -0.2) is 22.5 Å². The molecular weight excluding hydrogens is 468 g/mol. The van der Waals surface area contributed by atoms with E-state index in [-0.39, 0.29) is 18.6 Å². The van der Waals surface area contributed by atoms with Gasteiger partial charge in [-0.1, -0.05) is 36.4 Å². The van der Waals surface area contributed by atoms with Gasteiger partial charge in [-0.2, -0.15) is 0 Å². The first-order chi connectivity index (χ1) is 16.7. The monoisotopic (exact) mass is 500 g/mol. The molecule has 2 aromatic rings. The van der Waals surface area contributed by atoms with E-state index in [9.17, 15) is 18.0 Å². The molecule has 3 amide bonds. The highest BCUT2D eigenvalue weighted by Crippen LogP contribution is 2.40. The highest BCUT2D eigenvalue weighted by Gasteiger charge is 2.39. The molecule has 2 aromatic carbocycles. The number of carbonyl (C=O) groups excluding carboxylic acids is 2. The van der Waals surface area contributed by atoms with E-state index in [0.29, 0.717) is 18.9 Å². The lowest BCUT2D eigenvalue weighted by Gasteiger charge is -2.23. The van der Waals surface area contributed by atoms with Gasteiger partial charge in [0.05, 0.1) is 19.7 Å². The fourth-order valence-electron chi connectivity index (χ4n) is 4.19. The van der Waals surface area contributed by atoms with Crippen LogP contribution in [0.3, 0.4) is 0 Å². The quantitative estimate of drug-likeness (QED) is 0.541. The fraction of sp³-hybridized carbons (Fsp3) is 0.440. The van der Waals surface area contributed by atoms with Gasteiger partial charge in [-0.05, 0) is 54.0 Å². The van der Waals surface area contributed by atoms with Crippen LogP contribution in [0.25, 0.3) is 0 Å². The summed E-state index contributed by atoms with van der Waals surface area (Å²) in [6.45, 7) is 0.681. The molecule has 2 fully saturated rings. The van der Waals surface area contributed by atoms with Gasteiger partial charge < -0.3 is 9.64 Å². The first-order valence-corrected chi connectivity index (χ1v) is 13.3. The second-order valence-electron chi connectivity index (χ2n) is 9.21. The molecule has 1 saturated carbocycles. The molecule has 0 aromatic heterocycles. The maximum Gasteiger partial charge on any atom is 0.339 e. The van der Waals surface area contributed by atoms with E-state index < -0.39 is 21.7 Å². The SMILES string of the molecule is COc1ccc(CCN2C(=O)N(NC(=O)CS(=O)(=O)N(C)C)CC2c2ccc(C3CC3)cc2)cc1. The molecule has 1 heterocycles. The van der Waals surface area contributed by atoms with Gasteiger partial charge in [-0.3, -0.25) is 10.2 Å². The highest BCUT2D eigenvalue weighted by molar-refractivity contribution is 7.89. The van der Waals surface area contributed by atoms with Crippen LogP contribution in [0, 0.1) is 0 Å². The summed E-state index contributed by atoms with van der Waals surface area (Å²) in [5.74, 6) is -0.0703. The Balaban J connectivity index is 1.50. The van der Waals surface area contributed by atoms with Crippen molar-refractivity contribution in [2.45, 2.75) is 31.2 Å². The molecule has 2 aliphatic rings. The van der Waals surface area contributed by atoms with Crippen LogP contribution in [0.1, 0.15) is 41.5 Å². The molecule has 4 rings (SSSR count). The van der Waals surface area contributed by atoms with Crippen LogP contribution in [-0.2, 0) is 21.2 Å². The molecule has 0 radical (unpaired) electrons. The molecule has 0 bridgehead atoms. The van der Waals surface area contributed by atoms with E-state index in [1.807, 2.05) is 36.4 Å². The minimum Gasteiger partial charge on any atom is -0.497 e. The Labute approximate surface area is 206 Å². The summed E-state index contributed by atoms with van der Waals surface area (Å²) in [6.07, 6.45) is 3.05. The van der Waals surface area contributed by atoms with Crippen LogP contribution in [0.2, 0.25) is 0 Å². The molecule has 188 valence electrons. The predicted octanol–water partition coefficient (Wildman–Crippen LogP) is 2.52. The molecule has 1 unspecified atom stereocenters. The van der Waals surface area contributed by atoms with E-state index in [1.54, 1.807) is 12.0 Å². The van der Waals surface area contributed by atoms with Crippen LogP contribution in [-0.4, -0.2) is 74.6 Å². The number of benzene rings is 2. The summed E-state index contributed by atoms with van der Waals surface area (Å²) in [5.41, 5.74) is 5.85. The number of sulfonamides is 1. The van der Waals surface area contributed by atoms with Gasteiger partial charge in [-0.15, -0.1) is 0 Å². The number of methoxy groups -OCH3 is 1. The van der Waals surface area contributed by atoms with Gasteiger partial charge in [0.2, 0.25) is 10.0 Å². The van der Waals surface area contributed by atoms with E-state index in [4.69, 9.17) is 4.74 Å². The van der Waals surface area contributed by atoms with Crippen molar-refractivity contribution in [2.24, 2.45) is 0 Å². The summed E-state index contributed by atoms with van der Waals surface area (Å²) >= 11 is 0. The van der Waals surface area contributed by atoms with Crippen LogP contribution < -0.4 is 10.2 Å². The molecule has 1 saturated heterocycles. The zero-order valence-electron chi connectivity index (χ0n) is 20.3. The molecule has 1 aliphatic heterocycles. The van der Waals surface area contributed by atoms with Crippen molar-refractivity contribution in [3.05, 3.63) is 65.2 Å². The van der Waals surface area contributed by atoms with Gasteiger partial charge in [0.1, 0.15) is 11.5 Å². The Morgan fingerprint density at radius 3 is 2.26 bits per heavy atom. The van der Waals surface area contributed by atoms with Crippen LogP contribution >= 0.6 is 0 Å². The lowest BCUT2D eigenvalue weighted by atomic mass is 10.0. The third kappa shape index (κ3) is 5.94. The van der Waals surface area contributed by atoms with Crippen LogP contribution in [0.15, 0.2) is 48.5 Å². The normalized spacial score (nSPS) is 18.3. The third-order valence-electron chi connectivity index (χ3n) is 6.51. The maximum absolute atomic E-state index is 13.3. The number of hydrogen-bond acceptors (Lipinski definition) is 5. The summed E-state index contributed by atoms with van der Waals surface area (Å²) in [7, 11) is 0.613. The van der Waals surface area contributed by atoms with Crippen molar-refractivity contribution in [1.82, 2.24) is 19.6 Å². The van der Waals surface area contributed by atoms with Crippen molar-refractivity contribution in [3.63, 3.8) is 0 Å². The number of urea groups is 1. The zero-order chi connectivity index (χ0) is 25.2. The third-order valence-corrected chi connectivity index (χ3v) is 8.25. The van der Waals surface area contributed by atoms with Crippen molar-refractivity contribution in [2.75, 3.05) is 40.0 Å². The fourth-order valence-corrected chi connectivity index (χ4v) is 4.85. The Morgan fingerprint density at radius 1 is 1.06 bits per heavy atom. The molecular formula is C25H32N4O5S. The molecule has 1 atom stereocenters. The number of hydrazine groups is 1. The lowest BCUT2D eigenvalue weighted by molar-refractivity contribution is -0.122. The molecule has 9 nitrogen and oxygen atoms in total. The number of hydrogen-bond donors (Lipinski definition) is 1. The lowest BCUT2D eigenvalue weighted by Crippen LogP contribution is -2.48. The van der Waals surface area contributed by atoms with Gasteiger partial charge in [0.25, 0.3) is 5.91 Å². The maximum atomic E-state index is 13.3. The second-order valence-corrected chi connectivity index (χ2v) is 11.4. The Bertz CT molecular complexity index is 1160. The topological polar surface area (TPSA) is 99.3 Å². The largest absolute Gasteiger partial charge is 0.497 e. The molecule has 0 spiro atoms. The van der Waals surface area contributed by atoms with Crippen molar-refractivity contribution in [1.29, 1.82) is 0 Å². The van der Waals surface area contributed by atoms with Crippen molar-refractivity contribution < 1.29 is 22.7 Å². The molecule has 1 aliphatic carbocycles. The molecule has 10 heteroatoms. The minimum atomic E-state index is -3.74. The van der Waals surface area contributed by atoms with E-state index in [0.717, 1.165) is 21.2 Å². The summed E-state index contributed by atoms with van der Waals surface area (Å²) < 4.78 is 30.4. The highest BCUT2D eigenvalue weighted by atomic mass is 32.2. The standard InChI is InChI=1S/C25H32N4O5S/c1-27(2)35(32,33)17-24(30)26-29-16-23(21-10-8-20(9-11-21)19-6-7-19)28(25(29)31)15-14-18-4-12-22(34-3)13-5-18/h4-5,8-13,19,23H,6-7,14-17H2,1-3H3,(H,26,30). The van der Waals surface area contributed by atoms with Crippen LogP contribution in [0.5, 0.6) is 5.75 Å². The molecule has 1 N–H and O–H groups in total. The molecule has 35 heavy (non-hydrogen) atoms. The number of nitrogens with zero attached hydrogens (tertiary/aromatic N) is 3. The Morgan fingerprint density at radius 2 is 1.69 bits per heavy atom. The number of ether oxygens (including phenoxy) is 1. The Hall–Kier alpha value is -3.11. The van der Waals surface area contributed by atoms with Gasteiger partial charge >= 0.3 is 6.03 Å². The minimum absolute atomic E-state index is 0.234. The van der Waals surface area contributed by atoms with Gasteiger partial charge in [0.15, 0.2) is 0 Å². The van der Waals surface area contributed by atoms with Crippen LogP contribution in [0.4, 0.5) is 4.79 Å². The van der Waals surface area contributed by atoms with E-state index in [1.165, 1.54) is 37.5 Å². The van der Waals surface area contributed by atoms with E-state index in [2.05, 4.69) is 17.6 Å². The number of rotatable bonds is 10. The zero-order valence-corrected chi connectivity index (χ0v) is 21.1. The Kier molecular flexibility index (Phi) is 7.32. The first-order valence-electron chi connectivity index (χ1n) is 11.7.